The van der Waals surface area contributed by atoms with Crippen LogP contribution >= 0.6 is 0 Å². The molecule has 0 amide bonds. The van der Waals surface area contributed by atoms with E-state index >= 15 is 0 Å². The van der Waals surface area contributed by atoms with Crippen molar-refractivity contribution in [1.29, 1.82) is 0 Å². The van der Waals surface area contributed by atoms with Crippen molar-refractivity contribution in [2.45, 2.75) is 25.7 Å². The number of rotatable bonds is 1. The van der Waals surface area contributed by atoms with Crippen LogP contribution in [-0.4, -0.2) is 10.4 Å². The van der Waals surface area contributed by atoms with Crippen LogP contribution in [-0.2, 0) is 11.8 Å². The number of benzene rings is 1. The standard InChI is InChI=1S/C15H17NO/c1-10-7-12(15(17)8-10)13-9-16(2)14-6-4-3-5-11(13)14/h3-6,9-10,12H,7-8H2,1-2H3/t10-,12+/m1/s1. The van der Waals surface area contributed by atoms with Gasteiger partial charge in [-0.15, -0.1) is 0 Å². The van der Waals surface area contributed by atoms with Crippen LogP contribution in [0.15, 0.2) is 30.5 Å². The van der Waals surface area contributed by atoms with E-state index in [9.17, 15) is 4.79 Å². The number of aryl methyl sites for hydroxylation is 1. The van der Waals surface area contributed by atoms with E-state index in [1.807, 2.05) is 6.07 Å². The van der Waals surface area contributed by atoms with Gasteiger partial charge in [0.05, 0.1) is 0 Å². The van der Waals surface area contributed by atoms with Gasteiger partial charge in [0, 0.05) is 36.5 Å². The lowest BCUT2D eigenvalue weighted by molar-refractivity contribution is -0.118. The fourth-order valence-corrected chi connectivity index (χ4v) is 3.05. The molecule has 1 aromatic carbocycles. The van der Waals surface area contributed by atoms with E-state index in [1.54, 1.807) is 0 Å². The summed E-state index contributed by atoms with van der Waals surface area (Å²) in [4.78, 5) is 12.0. The summed E-state index contributed by atoms with van der Waals surface area (Å²) >= 11 is 0. The number of ketones is 1. The summed E-state index contributed by atoms with van der Waals surface area (Å²) in [5, 5.41) is 1.24. The highest BCUT2D eigenvalue weighted by Gasteiger charge is 2.32. The first-order chi connectivity index (χ1) is 8.16. The molecular formula is C15H17NO. The second-order valence-corrected chi connectivity index (χ2v) is 5.28. The van der Waals surface area contributed by atoms with Crippen LogP contribution in [0.4, 0.5) is 0 Å². The Morgan fingerprint density at radius 1 is 1.29 bits per heavy atom. The van der Waals surface area contributed by atoms with E-state index in [0.29, 0.717) is 11.7 Å². The van der Waals surface area contributed by atoms with Crippen molar-refractivity contribution in [2.24, 2.45) is 13.0 Å². The Morgan fingerprint density at radius 2 is 2.06 bits per heavy atom. The molecule has 0 radical (unpaired) electrons. The molecule has 3 rings (SSSR count). The largest absolute Gasteiger partial charge is 0.350 e. The molecule has 1 heterocycles. The third-order valence-electron chi connectivity index (χ3n) is 3.88. The van der Waals surface area contributed by atoms with Gasteiger partial charge in [0.15, 0.2) is 0 Å². The smallest absolute Gasteiger partial charge is 0.140 e. The van der Waals surface area contributed by atoms with Crippen LogP contribution in [0.25, 0.3) is 10.9 Å². The summed E-state index contributed by atoms with van der Waals surface area (Å²) in [5.41, 5.74) is 2.44. The van der Waals surface area contributed by atoms with Gasteiger partial charge in [0.1, 0.15) is 5.78 Å². The maximum atomic E-state index is 12.0. The number of para-hydroxylation sites is 1. The van der Waals surface area contributed by atoms with E-state index in [-0.39, 0.29) is 5.92 Å². The fourth-order valence-electron chi connectivity index (χ4n) is 3.05. The number of fused-ring (bicyclic) bond motifs is 1. The van der Waals surface area contributed by atoms with Crippen molar-refractivity contribution in [2.75, 3.05) is 0 Å². The van der Waals surface area contributed by atoms with Gasteiger partial charge in [0.25, 0.3) is 0 Å². The molecule has 2 atom stereocenters. The van der Waals surface area contributed by atoms with E-state index in [4.69, 9.17) is 0 Å². The fraction of sp³-hybridized carbons (Fsp3) is 0.400. The number of aromatic nitrogens is 1. The molecule has 1 aliphatic carbocycles. The minimum absolute atomic E-state index is 0.121. The highest BCUT2D eigenvalue weighted by molar-refractivity contribution is 5.94. The van der Waals surface area contributed by atoms with Gasteiger partial charge >= 0.3 is 0 Å². The summed E-state index contributed by atoms with van der Waals surface area (Å²) in [6.45, 7) is 2.17. The van der Waals surface area contributed by atoms with Crippen molar-refractivity contribution in [1.82, 2.24) is 4.57 Å². The summed E-state index contributed by atoms with van der Waals surface area (Å²) in [5.74, 6) is 1.07. The van der Waals surface area contributed by atoms with Crippen molar-refractivity contribution < 1.29 is 4.79 Å². The molecule has 0 saturated heterocycles. The van der Waals surface area contributed by atoms with Crippen LogP contribution in [0.3, 0.4) is 0 Å². The number of hydrogen-bond acceptors (Lipinski definition) is 1. The maximum absolute atomic E-state index is 12.0. The van der Waals surface area contributed by atoms with Crippen LogP contribution in [0, 0.1) is 5.92 Å². The lowest BCUT2D eigenvalue weighted by Gasteiger charge is -2.06. The molecule has 2 aromatic rings. The Kier molecular flexibility index (Phi) is 2.32. The minimum Gasteiger partial charge on any atom is -0.350 e. The van der Waals surface area contributed by atoms with Crippen LogP contribution in [0.1, 0.15) is 31.2 Å². The molecule has 88 valence electrons. The number of carbonyl (C=O) groups excluding carboxylic acids is 1. The zero-order valence-corrected chi connectivity index (χ0v) is 10.3. The highest BCUT2D eigenvalue weighted by atomic mass is 16.1. The first kappa shape index (κ1) is 10.6. The zero-order chi connectivity index (χ0) is 12.0. The Balaban J connectivity index is 2.15. The molecule has 1 aromatic heterocycles. The molecule has 2 heteroatoms. The van der Waals surface area contributed by atoms with Gasteiger partial charge < -0.3 is 4.57 Å². The zero-order valence-electron chi connectivity index (χ0n) is 10.3. The summed E-state index contributed by atoms with van der Waals surface area (Å²) in [7, 11) is 2.05. The van der Waals surface area contributed by atoms with Crippen LogP contribution in [0.2, 0.25) is 0 Å². The molecule has 1 saturated carbocycles. The number of nitrogens with zero attached hydrogens (tertiary/aromatic N) is 1. The highest BCUT2D eigenvalue weighted by Crippen LogP contribution is 2.38. The summed E-state index contributed by atoms with van der Waals surface area (Å²) in [6, 6.07) is 8.34. The normalized spacial score (nSPS) is 24.7. The summed E-state index contributed by atoms with van der Waals surface area (Å²) in [6.07, 6.45) is 3.88. The van der Waals surface area contributed by atoms with Gasteiger partial charge in [-0.05, 0) is 24.0 Å². The monoisotopic (exact) mass is 227 g/mol. The number of carbonyl (C=O) groups is 1. The summed E-state index contributed by atoms with van der Waals surface area (Å²) < 4.78 is 2.13. The van der Waals surface area contributed by atoms with Gasteiger partial charge in [-0.1, -0.05) is 25.1 Å². The first-order valence-corrected chi connectivity index (χ1v) is 6.23. The second-order valence-electron chi connectivity index (χ2n) is 5.28. The van der Waals surface area contributed by atoms with Crippen molar-refractivity contribution in [3.05, 3.63) is 36.0 Å². The van der Waals surface area contributed by atoms with Gasteiger partial charge in [0.2, 0.25) is 0 Å². The molecule has 1 aliphatic rings. The van der Waals surface area contributed by atoms with Crippen molar-refractivity contribution >= 4 is 16.7 Å². The molecule has 0 spiro atoms. The van der Waals surface area contributed by atoms with Crippen molar-refractivity contribution in [3.63, 3.8) is 0 Å². The molecule has 0 unspecified atom stereocenters. The third kappa shape index (κ3) is 1.59. The van der Waals surface area contributed by atoms with Crippen LogP contribution in [0.5, 0.6) is 0 Å². The van der Waals surface area contributed by atoms with Gasteiger partial charge in [-0.3, -0.25) is 4.79 Å². The lowest BCUT2D eigenvalue weighted by Crippen LogP contribution is -2.03. The number of hydrogen-bond donors (Lipinski definition) is 0. The Bertz CT molecular complexity index is 582. The SMILES string of the molecule is C[C@H]1CC(=O)[C@H](c2cn(C)c3ccccc23)C1. The van der Waals surface area contributed by atoms with E-state index < -0.39 is 0 Å². The van der Waals surface area contributed by atoms with E-state index in [0.717, 1.165) is 12.8 Å². The topological polar surface area (TPSA) is 22.0 Å². The predicted molar refractivity (Wildman–Crippen MR) is 69.1 cm³/mol. The Hall–Kier alpha value is -1.57. The molecular weight excluding hydrogens is 210 g/mol. The Labute approximate surface area is 101 Å². The Morgan fingerprint density at radius 3 is 2.76 bits per heavy atom. The molecule has 0 aliphatic heterocycles. The third-order valence-corrected chi connectivity index (χ3v) is 3.88. The van der Waals surface area contributed by atoms with Crippen LogP contribution < -0.4 is 0 Å². The van der Waals surface area contributed by atoms with Gasteiger partial charge in [-0.25, -0.2) is 0 Å². The molecule has 2 nitrogen and oxygen atoms in total. The molecule has 0 N–H and O–H groups in total. The van der Waals surface area contributed by atoms with E-state index in [1.165, 1.54) is 16.5 Å². The van der Waals surface area contributed by atoms with Crippen molar-refractivity contribution in [3.8, 4) is 0 Å². The minimum atomic E-state index is 0.121. The molecule has 1 fully saturated rings. The first-order valence-electron chi connectivity index (χ1n) is 6.23. The number of Topliss-reactive ketones (excluding diaryl/α,β-unsaturated/α-hetero) is 1. The van der Waals surface area contributed by atoms with Gasteiger partial charge in [-0.2, -0.15) is 0 Å². The molecule has 0 bridgehead atoms. The van der Waals surface area contributed by atoms with E-state index in [2.05, 4.69) is 42.9 Å². The average Bonchev–Trinajstić information content (AvgIpc) is 2.80. The maximum Gasteiger partial charge on any atom is 0.140 e. The average molecular weight is 227 g/mol. The second kappa shape index (κ2) is 3.73. The quantitative estimate of drug-likeness (QED) is 0.733. The lowest BCUT2D eigenvalue weighted by atomic mass is 9.95. The predicted octanol–water partition coefficient (Wildman–Crippen LogP) is 3.26. The molecule has 17 heavy (non-hydrogen) atoms.